The first-order chi connectivity index (χ1) is 8.44. The van der Waals surface area contributed by atoms with Crippen LogP contribution < -0.4 is 5.32 Å². The molecule has 1 aromatic rings. The minimum atomic E-state index is -0.400. The Balaban J connectivity index is 1.73. The van der Waals surface area contributed by atoms with E-state index in [1.807, 2.05) is 32.1 Å². The maximum Gasteiger partial charge on any atom is 0.320 e. The van der Waals surface area contributed by atoms with Crippen molar-refractivity contribution in [2.24, 2.45) is 0 Å². The second-order valence-corrected chi connectivity index (χ2v) is 6.93. The zero-order chi connectivity index (χ0) is 13.2. The summed E-state index contributed by atoms with van der Waals surface area (Å²) in [7, 11) is 0. The predicted molar refractivity (Wildman–Crippen MR) is 73.9 cm³/mol. The Morgan fingerprint density at radius 2 is 2.22 bits per heavy atom. The minimum absolute atomic E-state index is 0.188. The van der Waals surface area contributed by atoms with Crippen molar-refractivity contribution in [3.63, 3.8) is 0 Å². The smallest absolute Gasteiger partial charge is 0.320 e. The summed E-state index contributed by atoms with van der Waals surface area (Å²) in [4.78, 5) is 14.4. The number of carbonyl (C=O) groups is 1. The number of fused-ring (bicyclic) bond motifs is 1. The van der Waals surface area contributed by atoms with Crippen LogP contribution in [-0.2, 0) is 28.9 Å². The number of aryl methyl sites for hydroxylation is 2. The molecule has 0 aliphatic heterocycles. The Hall–Kier alpha value is -0.870. The quantitative estimate of drug-likeness (QED) is 0.852. The fraction of sp³-hybridized carbons (Fsp3) is 0.643. The lowest BCUT2D eigenvalue weighted by atomic mass is 10.2. The van der Waals surface area contributed by atoms with Crippen LogP contribution in [0.2, 0.25) is 0 Å². The molecular weight excluding hydrogens is 246 g/mol. The fourth-order valence-electron chi connectivity index (χ4n) is 2.14. The Bertz CT molecular complexity index is 410. The highest BCUT2D eigenvalue weighted by Crippen LogP contribution is 2.30. The maximum absolute atomic E-state index is 11.5. The summed E-state index contributed by atoms with van der Waals surface area (Å²) in [5.41, 5.74) is 1.11. The van der Waals surface area contributed by atoms with Gasteiger partial charge >= 0.3 is 5.97 Å². The molecule has 1 aromatic heterocycles. The van der Waals surface area contributed by atoms with Crippen molar-refractivity contribution in [1.29, 1.82) is 0 Å². The van der Waals surface area contributed by atoms with Crippen molar-refractivity contribution in [3.05, 3.63) is 21.4 Å². The van der Waals surface area contributed by atoms with E-state index in [-0.39, 0.29) is 12.5 Å². The first-order valence-electron chi connectivity index (χ1n) is 6.47. The van der Waals surface area contributed by atoms with Gasteiger partial charge in [-0.2, -0.15) is 0 Å². The number of esters is 1. The third kappa shape index (κ3) is 3.82. The molecule has 3 nitrogen and oxygen atoms in total. The van der Waals surface area contributed by atoms with Gasteiger partial charge in [-0.15, -0.1) is 11.3 Å². The summed E-state index contributed by atoms with van der Waals surface area (Å²) in [5, 5.41) is 3.15. The summed E-state index contributed by atoms with van der Waals surface area (Å²) in [6.07, 6.45) is 3.75. The molecule has 0 saturated heterocycles. The number of hydrogen-bond donors (Lipinski definition) is 1. The molecule has 1 aliphatic rings. The van der Waals surface area contributed by atoms with Crippen molar-refractivity contribution in [2.45, 2.75) is 52.2 Å². The topological polar surface area (TPSA) is 38.3 Å². The van der Waals surface area contributed by atoms with Gasteiger partial charge in [0.15, 0.2) is 0 Å². The molecule has 0 fully saturated rings. The average molecular weight is 267 g/mol. The number of rotatable bonds is 4. The van der Waals surface area contributed by atoms with Crippen LogP contribution in [0.5, 0.6) is 0 Å². The third-order valence-electron chi connectivity index (χ3n) is 2.79. The van der Waals surface area contributed by atoms with Crippen molar-refractivity contribution in [1.82, 2.24) is 5.32 Å². The molecule has 0 atom stereocenters. The van der Waals surface area contributed by atoms with Crippen molar-refractivity contribution in [2.75, 3.05) is 6.54 Å². The van der Waals surface area contributed by atoms with Gasteiger partial charge < -0.3 is 10.1 Å². The van der Waals surface area contributed by atoms with Crippen LogP contribution in [-0.4, -0.2) is 18.1 Å². The molecule has 2 rings (SSSR count). The zero-order valence-corrected chi connectivity index (χ0v) is 12.2. The summed E-state index contributed by atoms with van der Waals surface area (Å²) in [5.74, 6) is -0.188. The second kappa shape index (κ2) is 5.41. The van der Waals surface area contributed by atoms with Gasteiger partial charge in [-0.1, -0.05) is 0 Å². The molecular formula is C14H21NO2S. The van der Waals surface area contributed by atoms with Crippen molar-refractivity contribution in [3.8, 4) is 0 Å². The molecule has 0 unspecified atom stereocenters. The molecule has 1 heterocycles. The first kappa shape index (κ1) is 13.6. The predicted octanol–water partition coefficient (Wildman–Crippen LogP) is 2.67. The van der Waals surface area contributed by atoms with Gasteiger partial charge in [0.2, 0.25) is 0 Å². The lowest BCUT2D eigenvalue weighted by Gasteiger charge is -2.19. The summed E-state index contributed by atoms with van der Waals surface area (Å²) in [6.45, 7) is 6.69. The van der Waals surface area contributed by atoms with E-state index in [0.717, 1.165) is 6.54 Å². The molecule has 0 amide bonds. The van der Waals surface area contributed by atoms with E-state index >= 15 is 0 Å². The minimum Gasteiger partial charge on any atom is -0.459 e. The lowest BCUT2D eigenvalue weighted by Crippen LogP contribution is -2.31. The van der Waals surface area contributed by atoms with Crippen LogP contribution in [0.1, 0.15) is 42.5 Å². The Morgan fingerprint density at radius 1 is 1.44 bits per heavy atom. The van der Waals surface area contributed by atoms with Crippen molar-refractivity contribution >= 4 is 17.3 Å². The van der Waals surface area contributed by atoms with Gasteiger partial charge in [-0.3, -0.25) is 4.79 Å². The average Bonchev–Trinajstić information content (AvgIpc) is 2.74. The Kier molecular flexibility index (Phi) is 4.07. The van der Waals surface area contributed by atoms with Gasteiger partial charge in [-0.25, -0.2) is 0 Å². The Morgan fingerprint density at radius 3 is 2.89 bits per heavy atom. The van der Waals surface area contributed by atoms with Crippen LogP contribution in [0.4, 0.5) is 0 Å². The van der Waals surface area contributed by atoms with Gasteiger partial charge in [0.1, 0.15) is 5.60 Å². The summed E-state index contributed by atoms with van der Waals surface area (Å²) >= 11 is 1.87. The monoisotopic (exact) mass is 267 g/mol. The van der Waals surface area contributed by atoms with E-state index in [4.69, 9.17) is 4.74 Å². The van der Waals surface area contributed by atoms with Gasteiger partial charge in [0, 0.05) is 16.3 Å². The molecule has 1 aliphatic carbocycles. The van der Waals surface area contributed by atoms with E-state index in [1.54, 1.807) is 0 Å². The molecule has 0 radical (unpaired) electrons. The van der Waals surface area contributed by atoms with Gasteiger partial charge in [-0.05, 0) is 51.7 Å². The molecule has 4 heteroatoms. The SMILES string of the molecule is CC(C)(C)OC(=O)CNCc1cc2c(s1)CCC2. The first-order valence-corrected chi connectivity index (χ1v) is 7.29. The van der Waals surface area contributed by atoms with E-state index < -0.39 is 5.60 Å². The van der Waals surface area contributed by atoms with E-state index in [0.29, 0.717) is 0 Å². The lowest BCUT2D eigenvalue weighted by molar-refractivity contribution is -0.153. The number of carbonyl (C=O) groups excluding carboxylic acids is 1. The highest BCUT2D eigenvalue weighted by Gasteiger charge is 2.17. The molecule has 100 valence electrons. The number of hydrogen-bond acceptors (Lipinski definition) is 4. The molecule has 0 aromatic carbocycles. The molecule has 0 bridgehead atoms. The normalized spacial score (nSPS) is 14.6. The van der Waals surface area contributed by atoms with Gasteiger partial charge in [0.05, 0.1) is 6.54 Å². The third-order valence-corrected chi connectivity index (χ3v) is 4.02. The van der Waals surface area contributed by atoms with E-state index in [2.05, 4.69) is 11.4 Å². The van der Waals surface area contributed by atoms with Crippen LogP contribution in [0.15, 0.2) is 6.07 Å². The van der Waals surface area contributed by atoms with E-state index in [9.17, 15) is 4.79 Å². The van der Waals surface area contributed by atoms with Crippen LogP contribution in [0.3, 0.4) is 0 Å². The van der Waals surface area contributed by atoms with Crippen LogP contribution in [0, 0.1) is 0 Å². The second-order valence-electron chi connectivity index (χ2n) is 5.70. The Labute approximate surface area is 113 Å². The summed E-state index contributed by atoms with van der Waals surface area (Å²) in [6, 6.07) is 2.27. The van der Waals surface area contributed by atoms with E-state index in [1.165, 1.54) is 34.6 Å². The molecule has 1 N–H and O–H groups in total. The largest absolute Gasteiger partial charge is 0.459 e. The number of nitrogens with one attached hydrogen (secondary N) is 1. The maximum atomic E-state index is 11.5. The molecule has 0 spiro atoms. The highest BCUT2D eigenvalue weighted by molar-refractivity contribution is 7.12. The fourth-order valence-corrected chi connectivity index (χ4v) is 3.37. The number of thiophene rings is 1. The van der Waals surface area contributed by atoms with Crippen molar-refractivity contribution < 1.29 is 9.53 Å². The van der Waals surface area contributed by atoms with Crippen LogP contribution >= 0.6 is 11.3 Å². The van der Waals surface area contributed by atoms with Gasteiger partial charge in [0.25, 0.3) is 0 Å². The standard InChI is InChI=1S/C14H21NO2S/c1-14(2,3)17-13(16)9-15-8-11-7-10-5-4-6-12(10)18-11/h7,15H,4-6,8-9H2,1-3H3. The highest BCUT2D eigenvalue weighted by atomic mass is 32.1. The van der Waals surface area contributed by atoms with Crippen LogP contribution in [0.25, 0.3) is 0 Å². The summed E-state index contributed by atoms with van der Waals surface area (Å²) < 4.78 is 5.24. The number of ether oxygens (including phenoxy) is 1. The molecule has 18 heavy (non-hydrogen) atoms. The molecule has 0 saturated carbocycles. The zero-order valence-electron chi connectivity index (χ0n) is 11.3.